The number of aromatic nitrogens is 2. The van der Waals surface area contributed by atoms with Crippen molar-refractivity contribution in [2.75, 3.05) is 17.7 Å². The fourth-order valence-electron chi connectivity index (χ4n) is 2.57. The first kappa shape index (κ1) is 15.0. The average Bonchev–Trinajstić information content (AvgIpc) is 2.60. The van der Waals surface area contributed by atoms with Crippen LogP contribution in [0.2, 0.25) is 0 Å². The van der Waals surface area contributed by atoms with Crippen LogP contribution >= 0.6 is 0 Å². The number of aryl methyl sites for hydroxylation is 2. The van der Waals surface area contributed by atoms with Crippen LogP contribution in [0.3, 0.4) is 0 Å². The van der Waals surface area contributed by atoms with Crippen molar-refractivity contribution in [3.05, 3.63) is 72.7 Å². The second-order valence-electron chi connectivity index (χ2n) is 5.40. The van der Waals surface area contributed by atoms with Gasteiger partial charge in [0.2, 0.25) is 0 Å². The normalized spacial score (nSPS) is 10.5. The van der Waals surface area contributed by atoms with Crippen LogP contribution in [0.4, 0.5) is 11.5 Å². The van der Waals surface area contributed by atoms with E-state index in [1.807, 2.05) is 19.3 Å². The van der Waals surface area contributed by atoms with E-state index in [0.717, 1.165) is 35.2 Å². The van der Waals surface area contributed by atoms with Gasteiger partial charge in [0.05, 0.1) is 17.4 Å². The first-order valence-electron chi connectivity index (χ1n) is 7.67. The average molecular weight is 304 g/mol. The largest absolute Gasteiger partial charge is 0.373 e. The summed E-state index contributed by atoms with van der Waals surface area (Å²) in [6.07, 6.45) is 7.27. The summed E-state index contributed by atoms with van der Waals surface area (Å²) in [5.74, 6) is 0.891. The van der Waals surface area contributed by atoms with Crippen molar-refractivity contribution < 1.29 is 0 Å². The molecule has 0 spiro atoms. The molecule has 1 aromatic carbocycles. The molecule has 0 fully saturated rings. The molecule has 0 radical (unpaired) electrons. The fourth-order valence-corrected chi connectivity index (χ4v) is 2.57. The van der Waals surface area contributed by atoms with Crippen LogP contribution in [0.25, 0.3) is 10.9 Å². The highest BCUT2D eigenvalue weighted by molar-refractivity contribution is 5.80. The molecule has 2 aromatic heterocycles. The van der Waals surface area contributed by atoms with Gasteiger partial charge in [0, 0.05) is 18.6 Å². The molecule has 4 heteroatoms. The van der Waals surface area contributed by atoms with E-state index in [0.29, 0.717) is 0 Å². The number of fused-ring (bicyclic) bond motifs is 1. The van der Waals surface area contributed by atoms with Gasteiger partial charge in [0.1, 0.15) is 5.82 Å². The molecule has 0 atom stereocenters. The minimum Gasteiger partial charge on any atom is -0.373 e. The van der Waals surface area contributed by atoms with Crippen LogP contribution in [0, 0.1) is 0 Å². The molecule has 0 aliphatic carbocycles. The lowest BCUT2D eigenvalue weighted by Crippen LogP contribution is -1.96. The van der Waals surface area contributed by atoms with Gasteiger partial charge in [-0.25, -0.2) is 4.98 Å². The van der Waals surface area contributed by atoms with Crippen LogP contribution in [-0.4, -0.2) is 17.0 Å². The summed E-state index contributed by atoms with van der Waals surface area (Å²) >= 11 is 0. The maximum absolute atomic E-state index is 4.60. The Morgan fingerprint density at radius 3 is 2.70 bits per heavy atom. The highest BCUT2D eigenvalue weighted by atomic mass is 15.0. The number of rotatable bonds is 6. The van der Waals surface area contributed by atoms with E-state index in [2.05, 4.69) is 57.5 Å². The molecule has 0 aliphatic heterocycles. The number of benzene rings is 1. The molecule has 2 heterocycles. The highest BCUT2D eigenvalue weighted by Crippen LogP contribution is 2.18. The van der Waals surface area contributed by atoms with Crippen LogP contribution in [0.15, 0.2) is 61.6 Å². The topological polar surface area (TPSA) is 49.8 Å². The van der Waals surface area contributed by atoms with E-state index >= 15 is 0 Å². The van der Waals surface area contributed by atoms with Crippen molar-refractivity contribution in [1.82, 2.24) is 9.97 Å². The molecule has 116 valence electrons. The van der Waals surface area contributed by atoms with Crippen molar-refractivity contribution in [1.29, 1.82) is 0 Å². The second-order valence-corrected chi connectivity index (χ2v) is 5.40. The molecule has 4 nitrogen and oxygen atoms in total. The molecule has 2 N–H and O–H groups in total. The molecule has 0 aliphatic rings. The van der Waals surface area contributed by atoms with Crippen molar-refractivity contribution in [3.63, 3.8) is 0 Å². The minimum absolute atomic E-state index is 0.891. The lowest BCUT2D eigenvalue weighted by Gasteiger charge is -2.07. The molecule has 23 heavy (non-hydrogen) atoms. The summed E-state index contributed by atoms with van der Waals surface area (Å²) in [5, 5.41) is 7.31. The number of anilines is 2. The lowest BCUT2D eigenvalue weighted by atomic mass is 10.0. The lowest BCUT2D eigenvalue weighted by molar-refractivity contribution is 0.952. The Hall–Kier alpha value is -2.88. The predicted octanol–water partition coefficient (Wildman–Crippen LogP) is 4.01. The van der Waals surface area contributed by atoms with Gasteiger partial charge >= 0.3 is 0 Å². The van der Waals surface area contributed by atoms with Crippen LogP contribution < -0.4 is 10.6 Å². The van der Waals surface area contributed by atoms with Gasteiger partial charge in [-0.3, -0.25) is 4.98 Å². The molecule has 3 rings (SSSR count). The van der Waals surface area contributed by atoms with Gasteiger partial charge in [-0.15, -0.1) is 0 Å². The zero-order chi connectivity index (χ0) is 16.1. The number of hydrogen-bond acceptors (Lipinski definition) is 4. The molecule has 0 amide bonds. The van der Waals surface area contributed by atoms with Crippen LogP contribution in [0.1, 0.15) is 11.1 Å². The van der Waals surface area contributed by atoms with E-state index in [1.165, 1.54) is 11.1 Å². The van der Waals surface area contributed by atoms with E-state index in [9.17, 15) is 0 Å². The molecular formula is C19H20N4. The van der Waals surface area contributed by atoms with Gasteiger partial charge in [-0.05, 0) is 54.4 Å². The summed E-state index contributed by atoms with van der Waals surface area (Å²) in [6.45, 7) is 3.67. The van der Waals surface area contributed by atoms with Crippen molar-refractivity contribution in [2.24, 2.45) is 0 Å². The number of nitrogens with one attached hydrogen (secondary N) is 2. The SMILES string of the molecule is C=CNc1cncc(CCc2ccc3ccc(NC)nc3c2)c1. The first-order valence-corrected chi connectivity index (χ1v) is 7.67. The summed E-state index contributed by atoms with van der Waals surface area (Å²) < 4.78 is 0. The zero-order valence-corrected chi connectivity index (χ0v) is 13.2. The maximum Gasteiger partial charge on any atom is 0.126 e. The monoisotopic (exact) mass is 304 g/mol. The smallest absolute Gasteiger partial charge is 0.126 e. The summed E-state index contributed by atoms with van der Waals surface area (Å²) in [5.41, 5.74) is 4.47. The molecule has 0 saturated carbocycles. The van der Waals surface area contributed by atoms with Gasteiger partial charge in [-0.1, -0.05) is 18.7 Å². The van der Waals surface area contributed by atoms with Crippen LogP contribution in [-0.2, 0) is 12.8 Å². The number of hydrogen-bond donors (Lipinski definition) is 2. The molecule has 0 unspecified atom stereocenters. The third-order valence-corrected chi connectivity index (χ3v) is 3.78. The summed E-state index contributed by atoms with van der Waals surface area (Å²) in [6, 6.07) is 12.6. The van der Waals surface area contributed by atoms with Gasteiger partial charge < -0.3 is 10.6 Å². The van der Waals surface area contributed by atoms with E-state index < -0.39 is 0 Å². The van der Waals surface area contributed by atoms with Crippen molar-refractivity contribution in [3.8, 4) is 0 Å². The summed E-state index contributed by atoms with van der Waals surface area (Å²) in [7, 11) is 1.88. The highest BCUT2D eigenvalue weighted by Gasteiger charge is 2.02. The number of nitrogens with zero attached hydrogens (tertiary/aromatic N) is 2. The Morgan fingerprint density at radius 1 is 1.04 bits per heavy atom. The first-order chi connectivity index (χ1) is 11.3. The Kier molecular flexibility index (Phi) is 4.52. The second kappa shape index (κ2) is 6.92. The molecule has 0 saturated heterocycles. The molecule has 0 bridgehead atoms. The van der Waals surface area contributed by atoms with Crippen molar-refractivity contribution >= 4 is 22.4 Å². The molecular weight excluding hydrogens is 284 g/mol. The van der Waals surface area contributed by atoms with Crippen molar-refractivity contribution in [2.45, 2.75) is 12.8 Å². The fraction of sp³-hybridized carbons (Fsp3) is 0.158. The third-order valence-electron chi connectivity index (χ3n) is 3.78. The Bertz CT molecular complexity index is 826. The van der Waals surface area contributed by atoms with Crippen LogP contribution in [0.5, 0.6) is 0 Å². The maximum atomic E-state index is 4.60. The van der Waals surface area contributed by atoms with Gasteiger partial charge in [-0.2, -0.15) is 0 Å². The van der Waals surface area contributed by atoms with Gasteiger partial charge in [0.25, 0.3) is 0 Å². The number of pyridine rings is 2. The Morgan fingerprint density at radius 2 is 1.87 bits per heavy atom. The third kappa shape index (κ3) is 3.66. The predicted molar refractivity (Wildman–Crippen MR) is 96.8 cm³/mol. The Labute approximate surface area is 136 Å². The quantitative estimate of drug-likeness (QED) is 0.722. The summed E-state index contributed by atoms with van der Waals surface area (Å²) in [4.78, 5) is 8.86. The molecule has 3 aromatic rings. The van der Waals surface area contributed by atoms with E-state index in [-0.39, 0.29) is 0 Å². The van der Waals surface area contributed by atoms with E-state index in [1.54, 1.807) is 12.4 Å². The van der Waals surface area contributed by atoms with E-state index in [4.69, 9.17) is 0 Å². The van der Waals surface area contributed by atoms with Gasteiger partial charge in [0.15, 0.2) is 0 Å². The Balaban J connectivity index is 1.76. The zero-order valence-electron chi connectivity index (χ0n) is 13.2. The standard InChI is InChI=1S/C19H20N4/c1-3-22-17-10-15(12-21-13-17)5-4-14-6-7-16-8-9-19(20-2)23-18(16)11-14/h3,6-13,22H,1,4-5H2,2H3,(H,20,23). The minimum atomic E-state index is 0.891.